The first-order valence-electron chi connectivity index (χ1n) is 12.5. The van der Waals surface area contributed by atoms with Crippen molar-refractivity contribution in [1.82, 2.24) is 19.9 Å². The topological polar surface area (TPSA) is 83.2 Å². The van der Waals surface area contributed by atoms with Crippen molar-refractivity contribution in [1.29, 1.82) is 0 Å². The smallest absolute Gasteiger partial charge is 0.189 e. The van der Waals surface area contributed by atoms with Gasteiger partial charge in [-0.15, -0.1) is 11.3 Å². The highest BCUT2D eigenvalue weighted by Crippen LogP contribution is 2.47. The fourth-order valence-corrected chi connectivity index (χ4v) is 8.17. The molecule has 3 aromatic heterocycles. The Bertz CT molecular complexity index is 1340. The highest BCUT2D eigenvalue weighted by Gasteiger charge is 2.42. The Morgan fingerprint density at radius 1 is 0.971 bits per heavy atom. The molecule has 1 aliphatic heterocycles. The normalized spacial score (nSPS) is 24.5. The third-order valence-corrected chi connectivity index (χ3v) is 9.98. The van der Waals surface area contributed by atoms with E-state index in [4.69, 9.17) is 5.73 Å². The van der Waals surface area contributed by atoms with Gasteiger partial charge in [0.15, 0.2) is 5.13 Å². The second kappa shape index (κ2) is 8.72. The molecular weight excluding hydrogens is 474 g/mol. The van der Waals surface area contributed by atoms with E-state index in [-0.39, 0.29) is 0 Å². The van der Waals surface area contributed by atoms with Crippen molar-refractivity contribution in [2.75, 3.05) is 42.1 Å². The molecule has 3 fully saturated rings. The summed E-state index contributed by atoms with van der Waals surface area (Å²) in [6.07, 6.45) is 7.47. The maximum Gasteiger partial charge on any atom is 0.189 e. The van der Waals surface area contributed by atoms with Gasteiger partial charge >= 0.3 is 0 Å². The number of thiophene rings is 1. The summed E-state index contributed by atoms with van der Waals surface area (Å²) >= 11 is 3.15. The van der Waals surface area contributed by atoms with E-state index in [1.807, 2.05) is 11.4 Å². The van der Waals surface area contributed by atoms with Gasteiger partial charge in [-0.1, -0.05) is 17.8 Å². The van der Waals surface area contributed by atoms with Gasteiger partial charge in [-0.05, 0) is 66.8 Å². The highest BCUT2D eigenvalue weighted by atomic mass is 32.1. The maximum atomic E-state index is 6.28. The van der Waals surface area contributed by atoms with Gasteiger partial charge in [0.25, 0.3) is 0 Å². The van der Waals surface area contributed by atoms with Gasteiger partial charge in [0.05, 0.1) is 10.2 Å². The fourth-order valence-electron chi connectivity index (χ4n) is 6.35. The van der Waals surface area contributed by atoms with Gasteiger partial charge in [0.2, 0.25) is 0 Å². The van der Waals surface area contributed by atoms with E-state index >= 15 is 0 Å². The third-order valence-electron chi connectivity index (χ3n) is 8.08. The average molecular weight is 504 g/mol. The number of piperazine rings is 1. The van der Waals surface area contributed by atoms with E-state index in [1.165, 1.54) is 55.8 Å². The molecule has 7 rings (SSSR count). The largest absolute Gasteiger partial charge is 0.382 e. The molecule has 180 valence electrons. The lowest BCUT2D eigenvalue weighted by molar-refractivity contribution is 0.135. The number of nitrogen functional groups attached to an aromatic ring is 1. The summed E-state index contributed by atoms with van der Waals surface area (Å²) < 4.78 is 1.04. The third kappa shape index (κ3) is 3.95. The van der Waals surface area contributed by atoms with Crippen LogP contribution in [0.3, 0.4) is 0 Å². The molecule has 3 aliphatic rings. The Morgan fingerprint density at radius 3 is 2.60 bits per heavy atom. The molecule has 3 N–H and O–H groups in total. The van der Waals surface area contributed by atoms with Crippen molar-refractivity contribution >= 4 is 55.2 Å². The number of benzene rings is 1. The maximum absolute atomic E-state index is 6.28. The summed E-state index contributed by atoms with van der Waals surface area (Å²) in [5.41, 5.74) is 10.4. The highest BCUT2D eigenvalue weighted by molar-refractivity contribution is 7.21. The number of aromatic nitrogens is 3. The first-order valence-corrected chi connectivity index (χ1v) is 14.2. The monoisotopic (exact) mass is 503 g/mol. The molecule has 1 aromatic carbocycles. The molecule has 1 unspecified atom stereocenters. The molecule has 2 saturated carbocycles. The quantitative estimate of drug-likeness (QED) is 0.375. The van der Waals surface area contributed by atoms with Gasteiger partial charge < -0.3 is 16.0 Å². The Labute approximate surface area is 213 Å². The van der Waals surface area contributed by atoms with Crippen LogP contribution >= 0.6 is 22.7 Å². The van der Waals surface area contributed by atoms with Crippen LogP contribution in [0.15, 0.2) is 42.0 Å². The predicted molar refractivity (Wildman–Crippen MR) is 146 cm³/mol. The van der Waals surface area contributed by atoms with E-state index in [2.05, 4.69) is 54.3 Å². The lowest BCUT2D eigenvalue weighted by Gasteiger charge is -2.41. The van der Waals surface area contributed by atoms with Crippen molar-refractivity contribution < 1.29 is 0 Å². The summed E-state index contributed by atoms with van der Waals surface area (Å²) in [6, 6.07) is 11.6. The van der Waals surface area contributed by atoms with Gasteiger partial charge in [-0.2, -0.15) is 0 Å². The van der Waals surface area contributed by atoms with Crippen LogP contribution in [0.25, 0.3) is 20.8 Å². The minimum atomic E-state index is 0.496. The van der Waals surface area contributed by atoms with E-state index in [9.17, 15) is 0 Å². The van der Waals surface area contributed by atoms with E-state index in [0.717, 1.165) is 62.6 Å². The minimum absolute atomic E-state index is 0.496. The van der Waals surface area contributed by atoms with Crippen LogP contribution in [0.5, 0.6) is 0 Å². The Morgan fingerprint density at radius 2 is 1.83 bits per heavy atom. The van der Waals surface area contributed by atoms with Crippen molar-refractivity contribution in [3.63, 3.8) is 0 Å². The summed E-state index contributed by atoms with van der Waals surface area (Å²) in [7, 11) is 0. The van der Waals surface area contributed by atoms with Gasteiger partial charge in [-0.25, -0.2) is 15.0 Å². The first kappa shape index (κ1) is 21.5. The SMILES string of the molecule is Nc1nc(Nc2ccc(N3CCN(C4C[C@@H]5CC[C@H]4C5)CC3)cc2)sc1-c1ncnc2ccsc12. The number of nitrogens with two attached hydrogens (primary N) is 1. The second-order valence-corrected chi connectivity index (χ2v) is 11.9. The van der Waals surface area contributed by atoms with Gasteiger partial charge in [-0.3, -0.25) is 4.90 Å². The number of anilines is 4. The van der Waals surface area contributed by atoms with Crippen LogP contribution in [-0.4, -0.2) is 52.1 Å². The van der Waals surface area contributed by atoms with Crippen molar-refractivity contribution in [3.8, 4) is 10.6 Å². The molecule has 4 heterocycles. The number of rotatable bonds is 5. The summed E-state index contributed by atoms with van der Waals surface area (Å²) in [5.74, 6) is 2.49. The summed E-state index contributed by atoms with van der Waals surface area (Å²) in [4.78, 5) is 19.6. The molecule has 0 amide bonds. The summed E-state index contributed by atoms with van der Waals surface area (Å²) in [6.45, 7) is 4.61. The van der Waals surface area contributed by atoms with Crippen LogP contribution in [0, 0.1) is 11.8 Å². The van der Waals surface area contributed by atoms with Gasteiger partial charge in [0, 0.05) is 43.6 Å². The van der Waals surface area contributed by atoms with E-state index < -0.39 is 0 Å². The molecule has 7 nitrogen and oxygen atoms in total. The average Bonchev–Trinajstić information content (AvgIpc) is 3.69. The predicted octanol–water partition coefficient (Wildman–Crippen LogP) is 5.45. The number of thiazole rings is 1. The molecule has 35 heavy (non-hydrogen) atoms. The second-order valence-electron chi connectivity index (χ2n) is 10.0. The number of hydrogen-bond acceptors (Lipinski definition) is 9. The molecule has 2 bridgehead atoms. The Hall–Kier alpha value is -2.75. The zero-order valence-electron chi connectivity index (χ0n) is 19.6. The number of fused-ring (bicyclic) bond motifs is 3. The standard InChI is InChI=1S/C26H29N7S2/c27-25-24(22-23-20(7-12-34-23)28-15-29-22)35-26(31-25)30-18-3-5-19(6-4-18)32-8-10-33(11-9-32)21-14-16-1-2-17(21)13-16/h3-7,12,15-17,21H,1-2,8-11,13-14,27H2,(H,30,31)/t16-,17+,21?/m1/s1. The lowest BCUT2D eigenvalue weighted by Crippen LogP contribution is -2.51. The molecule has 1 saturated heterocycles. The Balaban J connectivity index is 1.01. The number of nitrogens with zero attached hydrogens (tertiary/aromatic N) is 5. The van der Waals surface area contributed by atoms with Gasteiger partial charge in [0.1, 0.15) is 22.7 Å². The van der Waals surface area contributed by atoms with Crippen LogP contribution < -0.4 is 16.0 Å². The number of hydrogen-bond donors (Lipinski definition) is 2. The van der Waals surface area contributed by atoms with E-state index in [0.29, 0.717) is 5.82 Å². The zero-order chi connectivity index (χ0) is 23.4. The molecule has 0 radical (unpaired) electrons. The first-order chi connectivity index (χ1) is 17.2. The van der Waals surface area contributed by atoms with Crippen LogP contribution in [0.2, 0.25) is 0 Å². The van der Waals surface area contributed by atoms with Crippen molar-refractivity contribution in [2.45, 2.75) is 31.7 Å². The molecule has 0 spiro atoms. The molecule has 4 aromatic rings. The van der Waals surface area contributed by atoms with Crippen molar-refractivity contribution in [3.05, 3.63) is 42.0 Å². The van der Waals surface area contributed by atoms with Crippen LogP contribution in [-0.2, 0) is 0 Å². The lowest BCUT2D eigenvalue weighted by atomic mass is 9.93. The Kier molecular flexibility index (Phi) is 5.37. The van der Waals surface area contributed by atoms with Crippen molar-refractivity contribution in [2.24, 2.45) is 11.8 Å². The number of nitrogens with one attached hydrogen (secondary N) is 1. The molecule has 3 atom stereocenters. The van der Waals surface area contributed by atoms with Crippen LogP contribution in [0.1, 0.15) is 25.7 Å². The fraction of sp³-hybridized carbons (Fsp3) is 0.423. The molecule has 9 heteroatoms. The van der Waals surface area contributed by atoms with E-state index in [1.54, 1.807) is 17.7 Å². The zero-order valence-corrected chi connectivity index (χ0v) is 21.2. The molecule has 2 aliphatic carbocycles. The van der Waals surface area contributed by atoms with Crippen LogP contribution in [0.4, 0.5) is 22.3 Å². The minimum Gasteiger partial charge on any atom is -0.382 e. The summed E-state index contributed by atoms with van der Waals surface area (Å²) in [5, 5.41) is 6.23. The molecular formula is C26H29N7S2.